The molecule has 3 aliphatic rings. The molecule has 14 nitrogen and oxygen atoms in total. The highest BCUT2D eigenvalue weighted by atomic mass is 16.7. The van der Waals surface area contributed by atoms with Crippen molar-refractivity contribution in [2.75, 3.05) is 19.8 Å². The largest absolute Gasteiger partial charge is 0.484 e. The number of aliphatic hydroxyl groups is 6. The summed E-state index contributed by atoms with van der Waals surface area (Å²) >= 11 is 0. The van der Waals surface area contributed by atoms with Gasteiger partial charge in [-0.2, -0.15) is 0 Å². The fourth-order valence-corrected chi connectivity index (χ4v) is 5.05. The number of carbonyl (C=O) groups is 2. The van der Waals surface area contributed by atoms with E-state index < -0.39 is 74.0 Å². The Hall–Kier alpha value is -3.34. The van der Waals surface area contributed by atoms with Crippen molar-refractivity contribution in [1.29, 1.82) is 0 Å². The van der Waals surface area contributed by atoms with E-state index in [9.17, 15) is 40.2 Å². The second-order valence-electron chi connectivity index (χ2n) is 10.3. The topological polar surface area (TPSA) is 211 Å². The van der Waals surface area contributed by atoms with Gasteiger partial charge in [-0.1, -0.05) is 12.1 Å². The molecule has 2 saturated heterocycles. The van der Waals surface area contributed by atoms with Gasteiger partial charge < -0.3 is 59.1 Å². The third-order valence-electron chi connectivity index (χ3n) is 7.40. The van der Waals surface area contributed by atoms with E-state index in [-0.39, 0.29) is 36.1 Å². The number of Topliss-reactive ketones (excluding diaryl/α,β-unsaturated/α-hetero) is 1. The van der Waals surface area contributed by atoms with Crippen LogP contribution in [0.5, 0.6) is 17.2 Å². The maximum atomic E-state index is 12.9. The molecular weight excluding hydrogens is 560 g/mol. The van der Waals surface area contributed by atoms with Crippen molar-refractivity contribution < 1.29 is 68.6 Å². The predicted octanol–water partition coefficient (Wildman–Crippen LogP) is -1.04. The number of hydrogen-bond acceptors (Lipinski definition) is 14. The van der Waals surface area contributed by atoms with Gasteiger partial charge >= 0.3 is 5.97 Å². The van der Waals surface area contributed by atoms with Crippen molar-refractivity contribution in [3.05, 3.63) is 53.6 Å². The van der Waals surface area contributed by atoms with Gasteiger partial charge in [0.15, 0.2) is 17.5 Å². The van der Waals surface area contributed by atoms with Gasteiger partial charge in [-0.05, 0) is 29.8 Å². The molecule has 2 aromatic carbocycles. The summed E-state index contributed by atoms with van der Waals surface area (Å²) in [7, 11) is 0. The number of ketones is 1. The van der Waals surface area contributed by atoms with Gasteiger partial charge in [-0.15, -0.1) is 0 Å². The Morgan fingerprint density at radius 1 is 0.952 bits per heavy atom. The number of hydrogen-bond donors (Lipinski definition) is 6. The molecule has 0 bridgehead atoms. The van der Waals surface area contributed by atoms with Gasteiger partial charge in [0, 0.05) is 13.0 Å². The second-order valence-corrected chi connectivity index (χ2v) is 10.3. The average Bonchev–Trinajstić information content (AvgIpc) is 3.27. The molecule has 0 aliphatic carbocycles. The fourth-order valence-electron chi connectivity index (χ4n) is 5.05. The Bertz CT molecular complexity index is 1280. The Labute approximate surface area is 239 Å². The van der Waals surface area contributed by atoms with Gasteiger partial charge in [0.05, 0.1) is 31.8 Å². The Kier molecular flexibility index (Phi) is 8.68. The van der Waals surface area contributed by atoms with E-state index in [1.54, 1.807) is 24.3 Å². The molecular formula is C28H32O14. The van der Waals surface area contributed by atoms with E-state index in [1.165, 1.54) is 18.2 Å². The summed E-state index contributed by atoms with van der Waals surface area (Å²) in [5.41, 5.74) is -0.704. The summed E-state index contributed by atoms with van der Waals surface area (Å²) in [6, 6.07) is 10.9. The van der Waals surface area contributed by atoms with E-state index >= 15 is 0 Å². The molecule has 228 valence electrons. The smallest absolute Gasteiger partial charge is 0.303 e. The van der Waals surface area contributed by atoms with E-state index in [0.29, 0.717) is 11.1 Å². The molecule has 42 heavy (non-hydrogen) atoms. The van der Waals surface area contributed by atoms with Crippen LogP contribution >= 0.6 is 0 Å². The lowest BCUT2D eigenvalue weighted by Crippen LogP contribution is -2.60. The first-order valence-corrected chi connectivity index (χ1v) is 13.2. The Morgan fingerprint density at radius 2 is 1.64 bits per heavy atom. The zero-order valence-electron chi connectivity index (χ0n) is 22.4. The van der Waals surface area contributed by atoms with Crippen LogP contribution in [0.1, 0.15) is 35.4 Å². The normalized spacial score (nSPS) is 34.3. The molecule has 6 N–H and O–H groups in total. The highest BCUT2D eigenvalue weighted by Crippen LogP contribution is 2.39. The van der Waals surface area contributed by atoms with Gasteiger partial charge in [-0.25, -0.2) is 0 Å². The van der Waals surface area contributed by atoms with Gasteiger partial charge in [0.2, 0.25) is 12.6 Å². The lowest BCUT2D eigenvalue weighted by atomic mass is 9.96. The van der Waals surface area contributed by atoms with Crippen LogP contribution in [0.4, 0.5) is 0 Å². The van der Waals surface area contributed by atoms with Crippen molar-refractivity contribution in [1.82, 2.24) is 0 Å². The molecule has 0 spiro atoms. The van der Waals surface area contributed by atoms with Crippen molar-refractivity contribution in [2.45, 2.75) is 68.1 Å². The molecule has 0 amide bonds. The molecule has 3 heterocycles. The first kappa shape index (κ1) is 30.1. The molecule has 2 aromatic rings. The number of carbonyl (C=O) groups excluding carboxylic acids is 2. The van der Waals surface area contributed by atoms with Crippen molar-refractivity contribution >= 4 is 11.8 Å². The SMILES string of the molecule is CC(=O)O[C@]1(CO)CO[C@@H](Oc2ccc3c(c2)O[C@H](c2ccc(O[C@H]4O[C@H](CO)[C@H](O)[C@@H](O)[C@H]4O)cc2)CC3=O)[C@@H]1O. The average molecular weight is 593 g/mol. The number of aliphatic hydroxyl groups excluding tert-OH is 6. The van der Waals surface area contributed by atoms with Gasteiger partial charge in [0.25, 0.3) is 0 Å². The third-order valence-corrected chi connectivity index (χ3v) is 7.40. The minimum atomic E-state index is -1.67. The summed E-state index contributed by atoms with van der Waals surface area (Å²) in [6.07, 6.45) is -10.5. The predicted molar refractivity (Wildman–Crippen MR) is 138 cm³/mol. The van der Waals surface area contributed by atoms with Crippen LogP contribution in [0, 0.1) is 0 Å². The number of rotatable bonds is 8. The summed E-state index contributed by atoms with van der Waals surface area (Å²) in [4.78, 5) is 24.3. The quantitative estimate of drug-likeness (QED) is 0.202. The minimum Gasteiger partial charge on any atom is -0.484 e. The molecule has 0 saturated carbocycles. The minimum absolute atomic E-state index is 0.0476. The monoisotopic (exact) mass is 592 g/mol. The Balaban J connectivity index is 1.25. The van der Waals surface area contributed by atoms with Crippen LogP contribution < -0.4 is 14.2 Å². The number of ether oxygens (including phenoxy) is 6. The number of fused-ring (bicyclic) bond motifs is 1. The molecule has 3 aliphatic heterocycles. The highest BCUT2D eigenvalue weighted by Gasteiger charge is 2.53. The maximum Gasteiger partial charge on any atom is 0.303 e. The molecule has 0 unspecified atom stereocenters. The summed E-state index contributed by atoms with van der Waals surface area (Å²) < 4.78 is 33.3. The zero-order valence-corrected chi connectivity index (χ0v) is 22.4. The van der Waals surface area contributed by atoms with Crippen LogP contribution in [-0.2, 0) is 19.0 Å². The Morgan fingerprint density at radius 3 is 2.31 bits per heavy atom. The molecule has 5 rings (SSSR count). The van der Waals surface area contributed by atoms with Gasteiger partial charge in [0.1, 0.15) is 47.8 Å². The molecule has 14 heteroatoms. The first-order valence-electron chi connectivity index (χ1n) is 13.2. The van der Waals surface area contributed by atoms with Crippen molar-refractivity contribution in [2.24, 2.45) is 0 Å². The molecule has 9 atom stereocenters. The highest BCUT2D eigenvalue weighted by molar-refractivity contribution is 6.00. The summed E-state index contributed by atoms with van der Waals surface area (Å²) in [5, 5.41) is 59.8. The summed E-state index contributed by atoms with van der Waals surface area (Å²) in [6.45, 7) is -0.402. The third kappa shape index (κ3) is 5.80. The molecule has 0 aromatic heterocycles. The van der Waals surface area contributed by atoms with E-state index in [0.717, 1.165) is 6.92 Å². The first-order chi connectivity index (χ1) is 20.0. The zero-order chi connectivity index (χ0) is 30.2. The number of esters is 1. The van der Waals surface area contributed by atoms with Crippen molar-refractivity contribution in [3.8, 4) is 17.2 Å². The van der Waals surface area contributed by atoms with Crippen molar-refractivity contribution in [3.63, 3.8) is 0 Å². The molecule has 2 fully saturated rings. The lowest BCUT2D eigenvalue weighted by Gasteiger charge is -2.39. The van der Waals surface area contributed by atoms with Crippen LogP contribution in [0.25, 0.3) is 0 Å². The van der Waals surface area contributed by atoms with Crippen LogP contribution in [0.15, 0.2) is 42.5 Å². The number of benzene rings is 2. The van der Waals surface area contributed by atoms with Crippen LogP contribution in [0.2, 0.25) is 0 Å². The summed E-state index contributed by atoms with van der Waals surface area (Å²) in [5.74, 6) is -0.195. The second kappa shape index (κ2) is 12.1. The lowest BCUT2D eigenvalue weighted by molar-refractivity contribution is -0.277. The fraction of sp³-hybridized carbons (Fsp3) is 0.500. The van der Waals surface area contributed by atoms with Crippen LogP contribution in [0.3, 0.4) is 0 Å². The van der Waals surface area contributed by atoms with Crippen LogP contribution in [-0.4, -0.2) is 111 Å². The van der Waals surface area contributed by atoms with Gasteiger partial charge in [-0.3, -0.25) is 9.59 Å². The van der Waals surface area contributed by atoms with E-state index in [2.05, 4.69) is 0 Å². The van der Waals surface area contributed by atoms with E-state index in [1.807, 2.05) is 0 Å². The maximum absolute atomic E-state index is 12.9. The molecule has 0 radical (unpaired) electrons. The standard InChI is InChI=1S/C28H32O14/c1-13(31)42-28(11-30)12-37-27(25(28)36)39-16-6-7-17-18(32)9-19(40-20(17)8-16)14-2-4-15(5-3-14)38-26-24(35)23(34)22(33)21(10-29)41-26/h2-8,19,21-27,29-30,33-36H,9-12H2,1H3/t19-,21+,22-,23+,24+,25-,26-,27-,28+/m0/s1. The van der Waals surface area contributed by atoms with E-state index in [4.69, 9.17) is 28.4 Å².